The second-order valence-corrected chi connectivity index (χ2v) is 6.32. The fourth-order valence-electron chi connectivity index (χ4n) is 3.15. The molecule has 2 aromatic carbocycles. The van der Waals surface area contributed by atoms with E-state index in [1.807, 2.05) is 0 Å². The van der Waals surface area contributed by atoms with Crippen LogP contribution in [0.15, 0.2) is 48.5 Å². The van der Waals surface area contributed by atoms with E-state index in [2.05, 4.69) is 0 Å². The fraction of sp³-hybridized carbons (Fsp3) is 0.250. The summed E-state index contributed by atoms with van der Waals surface area (Å²) in [5.74, 6) is -0.684. The molecule has 1 unspecified atom stereocenters. The first-order valence-electron chi connectivity index (χ1n) is 9.08. The van der Waals surface area contributed by atoms with Crippen molar-refractivity contribution in [1.29, 1.82) is 0 Å². The molecule has 0 spiro atoms. The quantitative estimate of drug-likeness (QED) is 0.296. The Kier molecular flexibility index (Phi) is 5.95. The zero-order valence-corrected chi connectivity index (χ0v) is 16.3. The van der Waals surface area contributed by atoms with E-state index < -0.39 is 28.9 Å². The number of hydrogen-bond donors (Lipinski definition) is 0. The molecule has 0 radical (unpaired) electrons. The van der Waals surface area contributed by atoms with E-state index in [1.54, 1.807) is 31.2 Å². The summed E-state index contributed by atoms with van der Waals surface area (Å²) in [6, 6.07) is 9.70. The Morgan fingerprint density at radius 2 is 1.67 bits per heavy atom. The molecule has 1 fully saturated rings. The van der Waals surface area contributed by atoms with Crippen molar-refractivity contribution in [2.45, 2.75) is 19.4 Å². The molecule has 0 N–H and O–H groups in total. The lowest BCUT2D eigenvalue weighted by atomic mass is 10.1. The van der Waals surface area contributed by atoms with Gasteiger partial charge in [-0.15, -0.1) is 0 Å². The monoisotopic (exact) mass is 413 g/mol. The van der Waals surface area contributed by atoms with E-state index in [-0.39, 0.29) is 24.4 Å². The fourth-order valence-corrected chi connectivity index (χ4v) is 3.15. The summed E-state index contributed by atoms with van der Waals surface area (Å²) in [6.45, 7) is 1.78. The van der Waals surface area contributed by atoms with Crippen molar-refractivity contribution in [3.8, 4) is 5.75 Å². The second kappa shape index (κ2) is 8.60. The van der Waals surface area contributed by atoms with Gasteiger partial charge in [0, 0.05) is 17.8 Å². The van der Waals surface area contributed by atoms with Crippen LogP contribution in [0.3, 0.4) is 0 Å². The number of nitro groups is 1. The number of imide groups is 1. The molecule has 30 heavy (non-hydrogen) atoms. The largest absolute Gasteiger partial charge is 0.497 e. The Morgan fingerprint density at radius 1 is 1.07 bits per heavy atom. The van der Waals surface area contributed by atoms with Crippen LogP contribution in [0.5, 0.6) is 5.75 Å². The summed E-state index contributed by atoms with van der Waals surface area (Å²) in [5, 5.41) is 10.9. The van der Waals surface area contributed by atoms with E-state index in [0.717, 1.165) is 4.90 Å². The minimum atomic E-state index is -1.11. The van der Waals surface area contributed by atoms with Crippen LogP contribution in [-0.4, -0.2) is 42.6 Å². The number of amides is 3. The summed E-state index contributed by atoms with van der Waals surface area (Å²) >= 11 is 0. The first-order valence-corrected chi connectivity index (χ1v) is 9.08. The Balaban J connectivity index is 1.99. The molecule has 1 aliphatic heterocycles. The number of urea groups is 1. The minimum Gasteiger partial charge on any atom is -0.497 e. The first kappa shape index (κ1) is 20.8. The molecule has 3 amide bonds. The molecule has 0 aliphatic carbocycles. The molecule has 0 bridgehead atoms. The molecule has 1 aliphatic rings. The Labute approximate surface area is 171 Å². The molecule has 1 heterocycles. The van der Waals surface area contributed by atoms with Crippen LogP contribution in [0, 0.1) is 10.1 Å². The zero-order valence-electron chi connectivity index (χ0n) is 16.3. The van der Waals surface area contributed by atoms with E-state index in [4.69, 9.17) is 9.47 Å². The van der Waals surface area contributed by atoms with Gasteiger partial charge in [-0.2, -0.15) is 0 Å². The van der Waals surface area contributed by atoms with E-state index in [0.29, 0.717) is 11.4 Å². The second-order valence-electron chi connectivity index (χ2n) is 6.32. The maximum absolute atomic E-state index is 13.2. The number of ether oxygens (including phenoxy) is 2. The Bertz CT molecular complexity index is 973. The lowest BCUT2D eigenvalue weighted by Gasteiger charge is -2.21. The number of carbonyl (C=O) groups is 3. The van der Waals surface area contributed by atoms with E-state index in [9.17, 15) is 24.5 Å². The van der Waals surface area contributed by atoms with Crippen molar-refractivity contribution < 1.29 is 28.8 Å². The number of anilines is 2. The van der Waals surface area contributed by atoms with Gasteiger partial charge in [0.05, 0.1) is 30.7 Å². The minimum absolute atomic E-state index is 0.141. The maximum Gasteiger partial charge on any atom is 0.336 e. The predicted molar refractivity (Wildman–Crippen MR) is 106 cm³/mol. The molecule has 0 saturated carbocycles. The van der Waals surface area contributed by atoms with Crippen LogP contribution in [0.1, 0.15) is 13.3 Å². The molecule has 0 aromatic heterocycles. The summed E-state index contributed by atoms with van der Waals surface area (Å²) in [7, 11) is 1.50. The zero-order chi connectivity index (χ0) is 21.8. The highest BCUT2D eigenvalue weighted by Gasteiger charge is 2.47. The predicted octanol–water partition coefficient (Wildman–Crippen LogP) is 2.90. The number of hydrogen-bond acceptors (Lipinski definition) is 7. The Morgan fingerprint density at radius 3 is 2.20 bits per heavy atom. The molecule has 3 rings (SSSR count). The van der Waals surface area contributed by atoms with Crippen molar-refractivity contribution in [3.63, 3.8) is 0 Å². The van der Waals surface area contributed by atoms with E-state index in [1.165, 1.54) is 36.3 Å². The van der Waals surface area contributed by atoms with Crippen molar-refractivity contribution in [3.05, 3.63) is 58.6 Å². The molecular weight excluding hydrogens is 394 g/mol. The lowest BCUT2D eigenvalue weighted by molar-refractivity contribution is -0.384. The van der Waals surface area contributed by atoms with Gasteiger partial charge in [0.2, 0.25) is 0 Å². The van der Waals surface area contributed by atoms with Gasteiger partial charge >= 0.3 is 12.0 Å². The normalized spacial score (nSPS) is 16.0. The highest BCUT2D eigenvalue weighted by atomic mass is 16.6. The van der Waals surface area contributed by atoms with Crippen LogP contribution in [0.2, 0.25) is 0 Å². The summed E-state index contributed by atoms with van der Waals surface area (Å²) in [4.78, 5) is 50.7. The third-order valence-electron chi connectivity index (χ3n) is 4.55. The molecule has 10 heteroatoms. The highest BCUT2D eigenvalue weighted by Crippen LogP contribution is 2.33. The summed E-state index contributed by atoms with van der Waals surface area (Å²) in [5.41, 5.74) is 0.390. The van der Waals surface area contributed by atoms with Gasteiger partial charge < -0.3 is 9.47 Å². The molecule has 1 saturated heterocycles. The lowest BCUT2D eigenvalue weighted by Crippen LogP contribution is -2.37. The van der Waals surface area contributed by atoms with Crippen molar-refractivity contribution in [1.82, 2.24) is 0 Å². The summed E-state index contributed by atoms with van der Waals surface area (Å²) in [6.07, 6.45) is -0.325. The van der Waals surface area contributed by atoms with Crippen LogP contribution in [0.25, 0.3) is 0 Å². The third-order valence-corrected chi connectivity index (χ3v) is 4.55. The van der Waals surface area contributed by atoms with E-state index >= 15 is 0 Å². The van der Waals surface area contributed by atoms with Gasteiger partial charge in [0.1, 0.15) is 11.8 Å². The Hall–Kier alpha value is -3.95. The smallest absolute Gasteiger partial charge is 0.336 e. The number of benzene rings is 2. The average Bonchev–Trinajstić information content (AvgIpc) is 2.98. The SMILES string of the molecule is CCOC(=O)CC1C(=O)N(c2ccc([N+](=O)[O-])cc2)C(=O)N1c1ccc(OC)cc1. The van der Waals surface area contributed by atoms with Gasteiger partial charge in [-0.25, -0.2) is 9.69 Å². The molecular formula is C20H19N3O7. The van der Waals surface area contributed by atoms with Crippen LogP contribution < -0.4 is 14.5 Å². The van der Waals surface area contributed by atoms with Gasteiger partial charge in [0.15, 0.2) is 0 Å². The third kappa shape index (κ3) is 3.93. The number of nitro benzene ring substituents is 1. The number of non-ortho nitro benzene ring substituents is 1. The van der Waals surface area contributed by atoms with Crippen LogP contribution >= 0.6 is 0 Å². The van der Waals surface area contributed by atoms with Crippen molar-refractivity contribution in [2.75, 3.05) is 23.5 Å². The average molecular weight is 413 g/mol. The van der Waals surface area contributed by atoms with Crippen LogP contribution in [0.4, 0.5) is 21.9 Å². The van der Waals surface area contributed by atoms with Crippen molar-refractivity contribution >= 4 is 35.0 Å². The molecule has 1 atom stereocenters. The maximum atomic E-state index is 13.2. The number of methoxy groups -OCH3 is 1. The van der Waals surface area contributed by atoms with Crippen molar-refractivity contribution in [2.24, 2.45) is 0 Å². The number of nitrogens with zero attached hydrogens (tertiary/aromatic N) is 3. The van der Waals surface area contributed by atoms with Gasteiger partial charge in [0.25, 0.3) is 11.6 Å². The summed E-state index contributed by atoms with van der Waals surface area (Å²) < 4.78 is 10.1. The first-order chi connectivity index (χ1) is 14.4. The highest BCUT2D eigenvalue weighted by molar-refractivity contribution is 6.29. The van der Waals surface area contributed by atoms with Crippen LogP contribution in [-0.2, 0) is 14.3 Å². The van der Waals surface area contributed by atoms with Gasteiger partial charge in [-0.05, 0) is 43.3 Å². The number of esters is 1. The number of carbonyl (C=O) groups excluding carboxylic acids is 3. The number of rotatable bonds is 7. The van der Waals surface area contributed by atoms with Gasteiger partial charge in [-0.3, -0.25) is 24.6 Å². The standard InChI is InChI=1S/C20H19N3O7/c1-3-30-18(24)12-17-19(25)22(14-4-6-15(7-5-14)23(27)28)20(26)21(17)13-8-10-16(29-2)11-9-13/h4-11,17H,3,12H2,1-2H3. The molecule has 10 nitrogen and oxygen atoms in total. The molecule has 2 aromatic rings. The topological polar surface area (TPSA) is 119 Å². The molecule has 156 valence electrons. The van der Waals surface area contributed by atoms with Gasteiger partial charge in [-0.1, -0.05) is 0 Å².